The SMILES string of the molecule is CCCN(Cc1nc2scc(-c3ccccc3OC)c2c(=O)[nH]1)C[C@@H](O)Cc1ccccc1. The van der Waals surface area contributed by atoms with Crippen LogP contribution >= 0.6 is 11.3 Å². The predicted molar refractivity (Wildman–Crippen MR) is 134 cm³/mol. The molecule has 0 aliphatic rings. The van der Waals surface area contributed by atoms with Crippen LogP contribution < -0.4 is 10.3 Å². The van der Waals surface area contributed by atoms with E-state index in [1.165, 1.54) is 11.3 Å². The maximum absolute atomic E-state index is 13.1. The predicted octanol–water partition coefficient (Wildman–Crippen LogP) is 4.48. The lowest BCUT2D eigenvalue weighted by molar-refractivity contribution is 0.107. The summed E-state index contributed by atoms with van der Waals surface area (Å²) in [5, 5.41) is 13.2. The molecule has 0 saturated carbocycles. The molecular formula is C26H29N3O3S. The molecule has 0 amide bonds. The van der Waals surface area contributed by atoms with Crippen LogP contribution in [-0.2, 0) is 13.0 Å². The van der Waals surface area contributed by atoms with Crippen molar-refractivity contribution < 1.29 is 9.84 Å². The monoisotopic (exact) mass is 463 g/mol. The first-order valence-electron chi connectivity index (χ1n) is 11.2. The highest BCUT2D eigenvalue weighted by atomic mass is 32.1. The van der Waals surface area contributed by atoms with Gasteiger partial charge >= 0.3 is 0 Å². The fourth-order valence-corrected chi connectivity index (χ4v) is 5.10. The molecule has 172 valence electrons. The molecule has 33 heavy (non-hydrogen) atoms. The van der Waals surface area contributed by atoms with Crippen LogP contribution in [0.5, 0.6) is 5.75 Å². The topological polar surface area (TPSA) is 78.5 Å². The molecule has 6 nitrogen and oxygen atoms in total. The average molecular weight is 464 g/mol. The van der Waals surface area contributed by atoms with E-state index in [1.54, 1.807) is 7.11 Å². The molecule has 0 spiro atoms. The van der Waals surface area contributed by atoms with Crippen LogP contribution in [0.25, 0.3) is 21.3 Å². The number of ether oxygens (including phenoxy) is 1. The van der Waals surface area contributed by atoms with Crippen LogP contribution in [-0.4, -0.2) is 46.3 Å². The van der Waals surface area contributed by atoms with E-state index in [9.17, 15) is 9.90 Å². The molecule has 0 aliphatic carbocycles. The summed E-state index contributed by atoms with van der Waals surface area (Å²) in [5.41, 5.74) is 2.66. The van der Waals surface area contributed by atoms with Crippen molar-refractivity contribution in [2.75, 3.05) is 20.2 Å². The average Bonchev–Trinajstić information content (AvgIpc) is 3.24. The normalized spacial score (nSPS) is 12.4. The van der Waals surface area contributed by atoms with Gasteiger partial charge in [0.05, 0.1) is 25.1 Å². The Labute approximate surface area is 197 Å². The molecule has 2 aromatic heterocycles. The molecule has 0 bridgehead atoms. The van der Waals surface area contributed by atoms with Crippen molar-refractivity contribution in [3.63, 3.8) is 0 Å². The van der Waals surface area contributed by atoms with Crippen LogP contribution in [0.3, 0.4) is 0 Å². The first-order chi connectivity index (χ1) is 16.1. The highest BCUT2D eigenvalue weighted by Crippen LogP contribution is 2.36. The van der Waals surface area contributed by atoms with Crippen LogP contribution in [0, 0.1) is 0 Å². The van der Waals surface area contributed by atoms with E-state index in [2.05, 4.69) is 16.8 Å². The Hall–Kier alpha value is -3.00. The smallest absolute Gasteiger partial charge is 0.260 e. The number of fused-ring (bicyclic) bond motifs is 1. The molecule has 1 atom stereocenters. The number of nitrogens with one attached hydrogen (secondary N) is 1. The third-order valence-corrected chi connectivity index (χ3v) is 6.46. The molecule has 2 aromatic carbocycles. The number of aliphatic hydroxyl groups is 1. The Bertz CT molecular complexity index is 1250. The molecule has 4 rings (SSSR count). The third kappa shape index (κ3) is 5.50. The summed E-state index contributed by atoms with van der Waals surface area (Å²) in [7, 11) is 1.63. The van der Waals surface area contributed by atoms with Gasteiger partial charge in [0.1, 0.15) is 16.4 Å². The van der Waals surface area contributed by atoms with E-state index < -0.39 is 6.10 Å². The maximum atomic E-state index is 13.1. The van der Waals surface area contributed by atoms with Crippen LogP contribution in [0.1, 0.15) is 24.7 Å². The quantitative estimate of drug-likeness (QED) is 0.363. The Morgan fingerprint density at radius 3 is 2.64 bits per heavy atom. The second-order valence-electron chi connectivity index (χ2n) is 8.12. The Kier molecular flexibility index (Phi) is 7.54. The maximum Gasteiger partial charge on any atom is 0.260 e. The van der Waals surface area contributed by atoms with Gasteiger partial charge in [0.2, 0.25) is 0 Å². The Balaban J connectivity index is 1.55. The number of H-pyrrole nitrogens is 1. The Morgan fingerprint density at radius 2 is 1.88 bits per heavy atom. The number of thiophene rings is 1. The molecule has 0 aliphatic heterocycles. The summed E-state index contributed by atoms with van der Waals surface area (Å²) in [6.45, 7) is 3.91. The number of nitrogens with zero attached hydrogens (tertiary/aromatic N) is 2. The van der Waals surface area contributed by atoms with E-state index in [1.807, 2.05) is 60.0 Å². The minimum absolute atomic E-state index is 0.154. The summed E-state index contributed by atoms with van der Waals surface area (Å²) in [6.07, 6.45) is 1.05. The van der Waals surface area contributed by atoms with Gasteiger partial charge in [0, 0.05) is 23.1 Å². The van der Waals surface area contributed by atoms with Crippen molar-refractivity contribution in [2.45, 2.75) is 32.4 Å². The molecule has 0 radical (unpaired) electrons. The first-order valence-corrected chi connectivity index (χ1v) is 12.0. The van der Waals surface area contributed by atoms with Gasteiger partial charge in [-0.15, -0.1) is 11.3 Å². The Morgan fingerprint density at radius 1 is 1.12 bits per heavy atom. The standard InChI is InChI=1S/C26H29N3O3S/c1-3-13-29(15-19(30)14-18-9-5-4-6-10-18)16-23-27-25(31)24-21(17-33-26(24)28-23)20-11-7-8-12-22(20)32-2/h4-12,17,19,30H,3,13-16H2,1-2H3,(H,27,28,31)/t19-/m0/s1. The van der Waals surface area contributed by atoms with Crippen molar-refractivity contribution >= 4 is 21.6 Å². The molecule has 0 fully saturated rings. The third-order valence-electron chi connectivity index (χ3n) is 5.59. The minimum Gasteiger partial charge on any atom is -0.496 e. The lowest BCUT2D eigenvalue weighted by Gasteiger charge is -2.24. The summed E-state index contributed by atoms with van der Waals surface area (Å²) in [6, 6.07) is 17.7. The zero-order valence-corrected chi connectivity index (χ0v) is 19.8. The molecule has 0 unspecified atom stereocenters. The van der Waals surface area contributed by atoms with Crippen molar-refractivity contribution in [1.82, 2.24) is 14.9 Å². The van der Waals surface area contributed by atoms with Crippen molar-refractivity contribution in [3.05, 3.63) is 81.7 Å². The second-order valence-corrected chi connectivity index (χ2v) is 8.98. The van der Waals surface area contributed by atoms with Gasteiger partial charge in [-0.3, -0.25) is 9.69 Å². The zero-order valence-electron chi connectivity index (χ0n) is 19.0. The first kappa shape index (κ1) is 23.2. The summed E-state index contributed by atoms with van der Waals surface area (Å²) < 4.78 is 5.48. The number of benzene rings is 2. The van der Waals surface area contributed by atoms with Gasteiger partial charge in [-0.2, -0.15) is 0 Å². The molecule has 0 saturated heterocycles. The van der Waals surface area contributed by atoms with Gasteiger partial charge in [-0.1, -0.05) is 55.5 Å². The molecule has 2 N–H and O–H groups in total. The largest absolute Gasteiger partial charge is 0.496 e. The van der Waals surface area contributed by atoms with E-state index >= 15 is 0 Å². The fraction of sp³-hybridized carbons (Fsp3) is 0.308. The molecular weight excluding hydrogens is 434 g/mol. The summed E-state index contributed by atoms with van der Waals surface area (Å²) in [5.74, 6) is 1.34. The number of hydrogen-bond donors (Lipinski definition) is 2. The number of aromatic amines is 1. The lowest BCUT2D eigenvalue weighted by Crippen LogP contribution is -2.34. The molecule has 4 aromatic rings. The highest BCUT2D eigenvalue weighted by Gasteiger charge is 2.18. The van der Waals surface area contributed by atoms with E-state index in [4.69, 9.17) is 9.72 Å². The number of rotatable bonds is 10. The van der Waals surface area contributed by atoms with Crippen molar-refractivity contribution in [2.24, 2.45) is 0 Å². The van der Waals surface area contributed by atoms with E-state index in [0.29, 0.717) is 35.6 Å². The van der Waals surface area contributed by atoms with Crippen LogP contribution in [0.2, 0.25) is 0 Å². The van der Waals surface area contributed by atoms with Gasteiger partial charge in [0.15, 0.2) is 0 Å². The molecule has 2 heterocycles. The molecule has 7 heteroatoms. The fourth-order valence-electron chi connectivity index (χ4n) is 4.15. The summed E-state index contributed by atoms with van der Waals surface area (Å²) >= 11 is 1.46. The highest BCUT2D eigenvalue weighted by molar-refractivity contribution is 7.17. The van der Waals surface area contributed by atoms with Crippen LogP contribution in [0.15, 0.2) is 64.8 Å². The minimum atomic E-state index is -0.492. The summed E-state index contributed by atoms with van der Waals surface area (Å²) in [4.78, 5) is 23.6. The number of aromatic nitrogens is 2. The number of hydrogen-bond acceptors (Lipinski definition) is 6. The van der Waals surface area contributed by atoms with Gasteiger partial charge in [-0.05, 0) is 31.0 Å². The van der Waals surface area contributed by atoms with Gasteiger partial charge in [0.25, 0.3) is 5.56 Å². The number of para-hydroxylation sites is 1. The van der Waals surface area contributed by atoms with Gasteiger partial charge < -0.3 is 14.8 Å². The van der Waals surface area contributed by atoms with Gasteiger partial charge in [-0.25, -0.2) is 4.98 Å². The van der Waals surface area contributed by atoms with E-state index in [0.717, 1.165) is 35.4 Å². The van der Waals surface area contributed by atoms with Crippen LogP contribution in [0.4, 0.5) is 0 Å². The van der Waals surface area contributed by atoms with Crippen molar-refractivity contribution in [1.29, 1.82) is 0 Å². The second kappa shape index (κ2) is 10.7. The zero-order chi connectivity index (χ0) is 23.2. The van der Waals surface area contributed by atoms with Crippen molar-refractivity contribution in [3.8, 4) is 16.9 Å². The number of aliphatic hydroxyl groups excluding tert-OH is 1. The lowest BCUT2D eigenvalue weighted by atomic mass is 10.1. The number of methoxy groups -OCH3 is 1. The van der Waals surface area contributed by atoms with E-state index in [-0.39, 0.29) is 5.56 Å².